The van der Waals surface area contributed by atoms with Gasteiger partial charge in [-0.15, -0.1) is 0 Å². The lowest BCUT2D eigenvalue weighted by Crippen LogP contribution is -2.39. The average Bonchev–Trinajstić information content (AvgIpc) is 3.29. The molecule has 1 atom stereocenters. The van der Waals surface area contributed by atoms with Gasteiger partial charge < -0.3 is 19.2 Å². The zero-order chi connectivity index (χ0) is 23.6. The molecule has 0 aliphatic carbocycles. The lowest BCUT2D eigenvalue weighted by Gasteiger charge is -2.33. The van der Waals surface area contributed by atoms with Crippen LogP contribution >= 0.6 is 0 Å². The summed E-state index contributed by atoms with van der Waals surface area (Å²) in [6, 6.07) is 9.16. The molecule has 178 valence electrons. The summed E-state index contributed by atoms with van der Waals surface area (Å²) in [5.41, 5.74) is 1.76. The maximum Gasteiger partial charge on any atom is 0.416 e. The predicted molar refractivity (Wildman–Crippen MR) is 121 cm³/mol. The van der Waals surface area contributed by atoms with Crippen molar-refractivity contribution in [2.75, 3.05) is 19.6 Å². The molecule has 4 rings (SSSR count). The van der Waals surface area contributed by atoms with E-state index in [0.29, 0.717) is 35.2 Å². The Morgan fingerprint density at radius 2 is 1.94 bits per heavy atom. The van der Waals surface area contributed by atoms with Crippen molar-refractivity contribution in [3.05, 3.63) is 59.0 Å². The molecule has 2 aromatic heterocycles. The van der Waals surface area contributed by atoms with E-state index in [0.717, 1.165) is 37.2 Å². The van der Waals surface area contributed by atoms with Crippen LogP contribution in [0.25, 0.3) is 11.1 Å². The zero-order valence-electron chi connectivity index (χ0n) is 19.0. The monoisotopic (exact) mass is 461 g/mol. The molecule has 1 saturated heterocycles. The summed E-state index contributed by atoms with van der Waals surface area (Å²) in [4.78, 5) is 15.4. The molecule has 3 heterocycles. The summed E-state index contributed by atoms with van der Waals surface area (Å²) >= 11 is 0. The molecule has 3 aromatic rings. The molecule has 0 saturated carbocycles. The van der Waals surface area contributed by atoms with Crippen molar-refractivity contribution in [2.24, 2.45) is 0 Å². The molecule has 0 radical (unpaired) electrons. The largest absolute Gasteiger partial charge is 0.460 e. The van der Waals surface area contributed by atoms with Crippen LogP contribution in [0, 0.1) is 6.92 Å². The second kappa shape index (κ2) is 9.63. The smallest absolute Gasteiger partial charge is 0.416 e. The van der Waals surface area contributed by atoms with Crippen LogP contribution in [0.2, 0.25) is 0 Å². The molecule has 1 aliphatic heterocycles. The van der Waals surface area contributed by atoms with Gasteiger partial charge in [-0.05, 0) is 57.4 Å². The van der Waals surface area contributed by atoms with Crippen molar-refractivity contribution in [2.45, 2.75) is 58.3 Å². The van der Waals surface area contributed by atoms with Crippen LogP contribution in [0.1, 0.15) is 60.0 Å². The third-order valence-corrected chi connectivity index (χ3v) is 6.42. The molecule has 5 nitrogen and oxygen atoms in total. The standard InChI is InChI=1S/C25H30F3N3O2/c1-17-6-3-4-12-30(17)13-5-11-29-24(32)22-15-23-21(14-18(2)33-23)31(22)16-19-7-9-20(10-8-19)25(26,27)28/h7-10,14-15,17H,3-6,11-13,16H2,1-2H3,(H,29,32). The number of benzene rings is 1. The van der Waals surface area contributed by atoms with Gasteiger partial charge in [0.1, 0.15) is 11.5 Å². The van der Waals surface area contributed by atoms with Crippen molar-refractivity contribution >= 4 is 17.0 Å². The summed E-state index contributed by atoms with van der Waals surface area (Å²) in [6.07, 6.45) is 0.225. The Balaban J connectivity index is 1.45. The number of piperidine rings is 1. The molecule has 1 unspecified atom stereocenters. The van der Waals surface area contributed by atoms with E-state index < -0.39 is 11.7 Å². The normalized spacial score (nSPS) is 17.5. The Morgan fingerprint density at radius 3 is 2.64 bits per heavy atom. The van der Waals surface area contributed by atoms with E-state index in [2.05, 4.69) is 17.1 Å². The number of aromatic nitrogens is 1. The Kier molecular flexibility index (Phi) is 6.83. The van der Waals surface area contributed by atoms with Crippen LogP contribution < -0.4 is 5.32 Å². The van der Waals surface area contributed by atoms with Gasteiger partial charge in [0.05, 0.1) is 11.1 Å². The third-order valence-electron chi connectivity index (χ3n) is 6.42. The summed E-state index contributed by atoms with van der Waals surface area (Å²) in [5.74, 6) is 0.501. The first-order valence-corrected chi connectivity index (χ1v) is 11.5. The fraction of sp³-hybridized carbons (Fsp3) is 0.480. The molecule has 1 N–H and O–H groups in total. The molecular formula is C25H30F3N3O2. The van der Waals surface area contributed by atoms with E-state index in [1.807, 2.05) is 13.0 Å². The maximum absolute atomic E-state index is 13.0. The number of likely N-dealkylation sites (tertiary alicyclic amines) is 1. The van der Waals surface area contributed by atoms with Crippen molar-refractivity contribution < 1.29 is 22.4 Å². The number of hydrogen-bond acceptors (Lipinski definition) is 3. The highest BCUT2D eigenvalue weighted by atomic mass is 19.4. The second-order valence-electron chi connectivity index (χ2n) is 8.91. The Hall–Kier alpha value is -2.74. The van der Waals surface area contributed by atoms with Gasteiger partial charge in [0, 0.05) is 37.8 Å². The highest BCUT2D eigenvalue weighted by Crippen LogP contribution is 2.30. The maximum atomic E-state index is 13.0. The Labute approximate surface area is 191 Å². The van der Waals surface area contributed by atoms with Gasteiger partial charge in [-0.3, -0.25) is 4.79 Å². The number of fused-ring (bicyclic) bond motifs is 1. The predicted octanol–water partition coefficient (Wildman–Crippen LogP) is 5.60. The topological polar surface area (TPSA) is 50.4 Å². The fourth-order valence-electron chi connectivity index (χ4n) is 4.57. The highest BCUT2D eigenvalue weighted by molar-refractivity contribution is 5.97. The number of nitrogens with one attached hydrogen (secondary N) is 1. The van der Waals surface area contributed by atoms with Crippen LogP contribution in [-0.4, -0.2) is 41.1 Å². The SMILES string of the molecule is Cc1cc2c(cc(C(=O)NCCCN3CCCCC3C)n2Cc2ccc(C(F)(F)F)cc2)o1. The number of nitrogens with zero attached hydrogens (tertiary/aromatic N) is 2. The summed E-state index contributed by atoms with van der Waals surface area (Å²) in [6.45, 7) is 6.98. The van der Waals surface area contributed by atoms with E-state index >= 15 is 0 Å². The number of halogens is 3. The Bertz CT molecular complexity index is 1100. The van der Waals surface area contributed by atoms with E-state index in [1.54, 1.807) is 10.6 Å². The fourth-order valence-corrected chi connectivity index (χ4v) is 4.57. The molecule has 0 spiro atoms. The molecule has 33 heavy (non-hydrogen) atoms. The highest BCUT2D eigenvalue weighted by Gasteiger charge is 2.30. The number of alkyl halides is 3. The first-order chi connectivity index (χ1) is 15.7. The third kappa shape index (κ3) is 5.43. The first kappa shape index (κ1) is 23.4. The van der Waals surface area contributed by atoms with Gasteiger partial charge in [-0.2, -0.15) is 13.2 Å². The van der Waals surface area contributed by atoms with Gasteiger partial charge in [0.25, 0.3) is 5.91 Å². The summed E-state index contributed by atoms with van der Waals surface area (Å²) < 4.78 is 46.2. The summed E-state index contributed by atoms with van der Waals surface area (Å²) in [5, 5.41) is 3.00. The molecular weight excluding hydrogens is 431 g/mol. The number of hydrogen-bond donors (Lipinski definition) is 1. The van der Waals surface area contributed by atoms with E-state index in [4.69, 9.17) is 4.42 Å². The van der Waals surface area contributed by atoms with Gasteiger partial charge >= 0.3 is 6.18 Å². The van der Waals surface area contributed by atoms with Crippen LogP contribution in [0.3, 0.4) is 0 Å². The number of carbonyl (C=O) groups excluding carboxylic acids is 1. The second-order valence-corrected chi connectivity index (χ2v) is 8.91. The minimum atomic E-state index is -4.38. The quantitative estimate of drug-likeness (QED) is 0.466. The van der Waals surface area contributed by atoms with Gasteiger partial charge in [0.2, 0.25) is 0 Å². The number of aryl methyl sites for hydroxylation is 1. The van der Waals surface area contributed by atoms with Crippen molar-refractivity contribution in [3.63, 3.8) is 0 Å². The number of furan rings is 1. The van der Waals surface area contributed by atoms with Crippen molar-refractivity contribution in [1.29, 1.82) is 0 Å². The lowest BCUT2D eigenvalue weighted by atomic mass is 10.0. The van der Waals surface area contributed by atoms with Crippen LogP contribution in [0.4, 0.5) is 13.2 Å². The van der Waals surface area contributed by atoms with Gasteiger partial charge in [-0.25, -0.2) is 0 Å². The molecule has 0 bridgehead atoms. The number of amides is 1. The average molecular weight is 462 g/mol. The number of rotatable bonds is 7. The minimum Gasteiger partial charge on any atom is -0.460 e. The van der Waals surface area contributed by atoms with Gasteiger partial charge in [-0.1, -0.05) is 18.6 Å². The van der Waals surface area contributed by atoms with Crippen LogP contribution in [0.5, 0.6) is 0 Å². The molecule has 1 aromatic carbocycles. The molecule has 1 fully saturated rings. The molecule has 1 aliphatic rings. The molecule has 8 heteroatoms. The zero-order valence-corrected chi connectivity index (χ0v) is 19.0. The molecule has 1 amide bonds. The van der Waals surface area contributed by atoms with Crippen molar-refractivity contribution in [3.8, 4) is 0 Å². The first-order valence-electron chi connectivity index (χ1n) is 11.5. The van der Waals surface area contributed by atoms with Crippen LogP contribution in [-0.2, 0) is 12.7 Å². The van der Waals surface area contributed by atoms with Crippen molar-refractivity contribution in [1.82, 2.24) is 14.8 Å². The lowest BCUT2D eigenvalue weighted by molar-refractivity contribution is -0.137. The number of carbonyl (C=O) groups is 1. The van der Waals surface area contributed by atoms with E-state index in [1.165, 1.54) is 31.4 Å². The Morgan fingerprint density at radius 1 is 1.18 bits per heavy atom. The van der Waals surface area contributed by atoms with Gasteiger partial charge in [0.15, 0.2) is 5.58 Å². The van der Waals surface area contributed by atoms with E-state index in [-0.39, 0.29) is 12.5 Å². The minimum absolute atomic E-state index is 0.211. The summed E-state index contributed by atoms with van der Waals surface area (Å²) in [7, 11) is 0. The van der Waals surface area contributed by atoms with E-state index in [9.17, 15) is 18.0 Å². The van der Waals surface area contributed by atoms with Crippen LogP contribution in [0.15, 0.2) is 40.8 Å².